The van der Waals surface area contributed by atoms with Crippen LogP contribution in [0.25, 0.3) is 0 Å². The van der Waals surface area contributed by atoms with Crippen LogP contribution in [0.3, 0.4) is 0 Å². The molecule has 0 saturated heterocycles. The predicted molar refractivity (Wildman–Crippen MR) is 27.9 cm³/mol. The molecule has 0 nitrogen and oxygen atoms in total. The Hall–Kier alpha value is -0.120. The van der Waals surface area contributed by atoms with E-state index in [1.807, 2.05) is 0 Å². The van der Waals surface area contributed by atoms with Crippen molar-refractivity contribution >= 4 is 23.2 Å². The first-order chi connectivity index (χ1) is 2.91. The zero-order chi connectivity index (χ0) is 4.83. The standard InChI is InChI=1S/C4H2Cl2/c5-3-1-2-4-6/h3-4H. The number of halogens is 2. The molecule has 0 aromatic carbocycles. The maximum absolute atomic E-state index is 5.00. The van der Waals surface area contributed by atoms with Gasteiger partial charge in [-0.15, -0.1) is 0 Å². The number of hydrogen-bond acceptors (Lipinski definition) is 0. The average Bonchev–Trinajstić information content (AvgIpc) is 1.61. The Labute approximate surface area is 46.4 Å². The summed E-state index contributed by atoms with van der Waals surface area (Å²) in [7, 11) is 0. The van der Waals surface area contributed by atoms with Crippen molar-refractivity contribution in [3.8, 4) is 0 Å². The van der Waals surface area contributed by atoms with Crippen molar-refractivity contribution in [3.63, 3.8) is 0 Å². The van der Waals surface area contributed by atoms with Crippen LogP contribution < -0.4 is 0 Å². The topological polar surface area (TPSA) is 0 Å². The number of hydrogen-bond donors (Lipinski definition) is 0. The van der Waals surface area contributed by atoms with Crippen LogP contribution in [0.2, 0.25) is 0 Å². The van der Waals surface area contributed by atoms with Gasteiger partial charge in [-0.1, -0.05) is 34.7 Å². The molecule has 0 spiro atoms. The Morgan fingerprint density at radius 3 is 1.50 bits per heavy atom. The van der Waals surface area contributed by atoms with Crippen molar-refractivity contribution < 1.29 is 0 Å². The van der Waals surface area contributed by atoms with Crippen molar-refractivity contribution in [2.45, 2.75) is 0 Å². The molecule has 0 amide bonds. The highest BCUT2D eigenvalue weighted by molar-refractivity contribution is 6.26. The van der Waals surface area contributed by atoms with Gasteiger partial charge in [0, 0.05) is 0 Å². The van der Waals surface area contributed by atoms with Crippen molar-refractivity contribution in [2.75, 3.05) is 0 Å². The normalized spacial score (nSPS) is 5.00. The van der Waals surface area contributed by atoms with Crippen molar-refractivity contribution in [2.24, 2.45) is 0 Å². The molecular weight excluding hydrogens is 119 g/mol. The van der Waals surface area contributed by atoms with Gasteiger partial charge in [-0.25, -0.2) is 0 Å². The molecular formula is C4H2Cl2. The molecule has 0 radical (unpaired) electrons. The Kier molecular flexibility index (Phi) is 4.78. The zero-order valence-electron chi connectivity index (χ0n) is 2.91. The lowest BCUT2D eigenvalue weighted by molar-refractivity contribution is 2.28. The highest BCUT2D eigenvalue weighted by Crippen LogP contribution is 1.72. The fraction of sp³-hybridized carbons (Fsp3) is 0. The molecule has 0 aromatic heterocycles. The Morgan fingerprint density at radius 2 is 1.33 bits per heavy atom. The van der Waals surface area contributed by atoms with Crippen LogP contribution in [0.1, 0.15) is 0 Å². The molecule has 0 aliphatic rings. The number of rotatable bonds is 0. The van der Waals surface area contributed by atoms with Crippen LogP contribution in [0.4, 0.5) is 0 Å². The molecule has 0 aliphatic heterocycles. The molecule has 0 atom stereocenters. The van der Waals surface area contributed by atoms with Crippen LogP contribution in [0.5, 0.6) is 0 Å². The van der Waals surface area contributed by atoms with Gasteiger partial charge in [0.1, 0.15) is 0 Å². The van der Waals surface area contributed by atoms with E-state index in [2.05, 4.69) is 11.5 Å². The Balaban J connectivity index is 3.79. The highest BCUT2D eigenvalue weighted by atomic mass is 35.5. The van der Waals surface area contributed by atoms with Crippen LogP contribution in [0.15, 0.2) is 22.5 Å². The molecule has 2 heteroatoms. The molecule has 0 saturated carbocycles. The van der Waals surface area contributed by atoms with Crippen LogP contribution >= 0.6 is 23.2 Å². The van der Waals surface area contributed by atoms with E-state index in [-0.39, 0.29) is 0 Å². The lowest BCUT2D eigenvalue weighted by Gasteiger charge is -1.43. The van der Waals surface area contributed by atoms with E-state index in [0.29, 0.717) is 0 Å². The lowest BCUT2D eigenvalue weighted by Crippen LogP contribution is -1.18. The second-order valence-corrected chi connectivity index (χ2v) is 0.943. The van der Waals surface area contributed by atoms with E-state index < -0.39 is 0 Å². The van der Waals surface area contributed by atoms with Gasteiger partial charge in [0.25, 0.3) is 0 Å². The summed E-state index contributed by atoms with van der Waals surface area (Å²) in [5, 5.41) is 0. The Morgan fingerprint density at radius 1 is 1.00 bits per heavy atom. The molecule has 0 aromatic rings. The molecule has 0 N–H and O–H groups in total. The van der Waals surface area contributed by atoms with E-state index in [1.54, 1.807) is 0 Å². The Bertz CT molecular complexity index is 88.7. The minimum atomic E-state index is 1.21. The quantitative estimate of drug-likeness (QED) is 0.431. The lowest BCUT2D eigenvalue weighted by atomic mass is 10.9. The van der Waals surface area contributed by atoms with E-state index in [1.165, 1.54) is 11.1 Å². The smallest absolute Gasteiger partial charge is 0.0547 e. The highest BCUT2D eigenvalue weighted by Gasteiger charge is 1.40. The SMILES string of the molecule is ClC=C=C=CCl. The summed E-state index contributed by atoms with van der Waals surface area (Å²) in [4.78, 5) is 0. The van der Waals surface area contributed by atoms with Gasteiger partial charge in [0.15, 0.2) is 0 Å². The van der Waals surface area contributed by atoms with Gasteiger partial charge in [0.2, 0.25) is 0 Å². The van der Waals surface area contributed by atoms with Crippen molar-refractivity contribution in [1.29, 1.82) is 0 Å². The molecule has 0 unspecified atom stereocenters. The molecule has 0 rings (SSSR count). The first-order valence-corrected chi connectivity index (χ1v) is 2.14. The van der Waals surface area contributed by atoms with Gasteiger partial charge in [-0.3, -0.25) is 0 Å². The summed E-state index contributed by atoms with van der Waals surface area (Å²) in [6.45, 7) is 0. The third-order valence-electron chi connectivity index (χ3n) is 0.192. The van der Waals surface area contributed by atoms with Gasteiger partial charge in [0.05, 0.1) is 11.1 Å². The van der Waals surface area contributed by atoms with E-state index >= 15 is 0 Å². The summed E-state index contributed by atoms with van der Waals surface area (Å²) in [6.07, 6.45) is 0. The molecule has 0 aliphatic carbocycles. The van der Waals surface area contributed by atoms with Crippen LogP contribution in [-0.4, -0.2) is 0 Å². The summed E-state index contributed by atoms with van der Waals surface area (Å²) >= 11 is 10.0. The molecule has 6 heavy (non-hydrogen) atoms. The minimum Gasteiger partial charge on any atom is -0.0831 e. The fourth-order valence-electron chi connectivity index (χ4n) is 0.0630. The third kappa shape index (κ3) is 3.88. The first-order valence-electron chi connectivity index (χ1n) is 1.26. The fourth-order valence-corrected chi connectivity index (χ4v) is 0.189. The largest absolute Gasteiger partial charge is 0.0831 e. The van der Waals surface area contributed by atoms with Crippen LogP contribution in [0, 0.1) is 0 Å². The third-order valence-corrected chi connectivity index (χ3v) is 0.411. The van der Waals surface area contributed by atoms with Crippen molar-refractivity contribution in [1.82, 2.24) is 0 Å². The zero-order valence-corrected chi connectivity index (χ0v) is 4.42. The first kappa shape index (κ1) is 5.88. The second kappa shape index (κ2) is 4.88. The monoisotopic (exact) mass is 120 g/mol. The second-order valence-electron chi connectivity index (χ2n) is 0.507. The molecule has 0 fully saturated rings. The minimum absolute atomic E-state index is 1.21. The van der Waals surface area contributed by atoms with E-state index in [4.69, 9.17) is 23.2 Å². The van der Waals surface area contributed by atoms with Gasteiger partial charge < -0.3 is 0 Å². The van der Waals surface area contributed by atoms with Crippen molar-refractivity contribution in [3.05, 3.63) is 22.5 Å². The van der Waals surface area contributed by atoms with Gasteiger partial charge in [-0.2, -0.15) is 0 Å². The summed E-state index contributed by atoms with van der Waals surface area (Å²) in [5.41, 5.74) is 7.22. The maximum Gasteiger partial charge on any atom is 0.0547 e. The predicted octanol–water partition coefficient (Wildman–Crippen LogP) is 2.25. The van der Waals surface area contributed by atoms with Gasteiger partial charge in [-0.05, 0) is 0 Å². The summed E-state index contributed by atoms with van der Waals surface area (Å²) in [5.74, 6) is 0. The molecule has 32 valence electrons. The van der Waals surface area contributed by atoms with Crippen LogP contribution in [-0.2, 0) is 0 Å². The van der Waals surface area contributed by atoms with Gasteiger partial charge >= 0.3 is 0 Å². The maximum atomic E-state index is 5.00. The van der Waals surface area contributed by atoms with E-state index in [9.17, 15) is 0 Å². The summed E-state index contributed by atoms with van der Waals surface area (Å²) < 4.78 is 0. The average molecular weight is 121 g/mol. The molecule has 0 heterocycles. The molecule has 0 bridgehead atoms. The summed E-state index contributed by atoms with van der Waals surface area (Å²) in [6, 6.07) is 0. The van der Waals surface area contributed by atoms with E-state index in [0.717, 1.165) is 0 Å².